The summed E-state index contributed by atoms with van der Waals surface area (Å²) in [5, 5.41) is 7.31. The van der Waals surface area contributed by atoms with E-state index in [1.165, 1.54) is 11.1 Å². The van der Waals surface area contributed by atoms with Gasteiger partial charge in [0, 0.05) is 19.2 Å². The Balaban J connectivity index is 2.64. The summed E-state index contributed by atoms with van der Waals surface area (Å²) in [6, 6.07) is 1.85. The Labute approximate surface area is 90.3 Å². The van der Waals surface area contributed by atoms with Crippen LogP contribution >= 0.6 is 0 Å². The zero-order valence-electron chi connectivity index (χ0n) is 9.71. The van der Waals surface area contributed by atoms with E-state index in [1.54, 1.807) is 7.05 Å². The molecular weight excluding hydrogens is 190 g/mol. The maximum atomic E-state index is 11.6. The molecule has 0 radical (unpaired) electrons. The molecule has 15 heavy (non-hydrogen) atoms. The maximum absolute atomic E-state index is 11.6. The third kappa shape index (κ3) is 3.47. The summed E-state index contributed by atoms with van der Waals surface area (Å²) in [6.07, 6.45) is 2.31. The molecule has 0 atom stereocenters. The topological polar surface area (TPSA) is 46.9 Å². The maximum Gasteiger partial charge on any atom is 0.270 e. The summed E-state index contributed by atoms with van der Waals surface area (Å²) in [5.74, 6) is 0. The number of rotatable bonds is 5. The highest BCUT2D eigenvalue weighted by atomic mass is 16.1. The molecule has 0 amide bonds. The van der Waals surface area contributed by atoms with Crippen molar-refractivity contribution in [3.05, 3.63) is 27.7 Å². The van der Waals surface area contributed by atoms with Crippen molar-refractivity contribution in [3.63, 3.8) is 0 Å². The molecule has 0 saturated carbocycles. The number of nitrogens with zero attached hydrogens (tertiary/aromatic N) is 2. The average molecular weight is 209 g/mol. The quantitative estimate of drug-likeness (QED) is 0.735. The number of unbranched alkanes of at least 4 members (excludes halogenated alkanes) is 1. The number of aromatic nitrogens is 2. The predicted octanol–water partition coefficient (Wildman–Crippen LogP) is 0.978. The summed E-state index contributed by atoms with van der Waals surface area (Å²) >= 11 is 0. The number of hydrogen-bond donors (Lipinski definition) is 1. The lowest BCUT2D eigenvalue weighted by atomic mass is 10.2. The number of hydrogen-bond acceptors (Lipinski definition) is 3. The summed E-state index contributed by atoms with van der Waals surface area (Å²) in [5.41, 5.74) is 1.66. The minimum Gasteiger partial charge on any atom is -0.312 e. The van der Waals surface area contributed by atoms with E-state index in [9.17, 15) is 4.79 Å². The molecule has 0 aliphatic rings. The Kier molecular flexibility index (Phi) is 4.49. The molecule has 1 N–H and O–H groups in total. The lowest BCUT2D eigenvalue weighted by molar-refractivity contribution is 0.618. The van der Waals surface area contributed by atoms with Crippen molar-refractivity contribution in [1.82, 2.24) is 15.1 Å². The Morgan fingerprint density at radius 3 is 2.93 bits per heavy atom. The SMILES string of the molecule is CCCCNCc1cc(C)nn(C)c1=O. The predicted molar refractivity (Wildman–Crippen MR) is 60.8 cm³/mol. The van der Waals surface area contributed by atoms with Gasteiger partial charge in [-0.05, 0) is 26.0 Å². The van der Waals surface area contributed by atoms with Crippen molar-refractivity contribution in [2.75, 3.05) is 6.54 Å². The normalized spacial score (nSPS) is 10.6. The molecule has 0 spiro atoms. The van der Waals surface area contributed by atoms with Gasteiger partial charge in [0.25, 0.3) is 5.56 Å². The monoisotopic (exact) mass is 209 g/mol. The third-order valence-corrected chi connectivity index (χ3v) is 2.28. The zero-order valence-corrected chi connectivity index (χ0v) is 9.71. The van der Waals surface area contributed by atoms with Crippen molar-refractivity contribution in [1.29, 1.82) is 0 Å². The molecular formula is C11H19N3O. The molecule has 4 nitrogen and oxygen atoms in total. The second-order valence-corrected chi connectivity index (χ2v) is 3.77. The molecule has 0 aliphatic heterocycles. The minimum absolute atomic E-state index is 0.00963. The van der Waals surface area contributed by atoms with Crippen LogP contribution in [-0.2, 0) is 13.6 Å². The van der Waals surface area contributed by atoms with Crippen molar-refractivity contribution in [2.45, 2.75) is 33.2 Å². The van der Waals surface area contributed by atoms with Gasteiger partial charge < -0.3 is 5.32 Å². The average Bonchev–Trinajstić information content (AvgIpc) is 2.19. The van der Waals surface area contributed by atoms with Crippen molar-refractivity contribution < 1.29 is 0 Å². The van der Waals surface area contributed by atoms with E-state index in [1.807, 2.05) is 13.0 Å². The highest BCUT2D eigenvalue weighted by Gasteiger charge is 2.02. The van der Waals surface area contributed by atoms with Gasteiger partial charge in [0.15, 0.2) is 0 Å². The molecule has 1 heterocycles. The Hall–Kier alpha value is -1.16. The first kappa shape index (κ1) is 11.9. The first-order valence-corrected chi connectivity index (χ1v) is 5.39. The van der Waals surface area contributed by atoms with Crippen molar-refractivity contribution >= 4 is 0 Å². The molecule has 0 aromatic carbocycles. The lowest BCUT2D eigenvalue weighted by Crippen LogP contribution is -2.28. The Morgan fingerprint density at radius 2 is 2.27 bits per heavy atom. The molecule has 4 heteroatoms. The summed E-state index contributed by atoms with van der Waals surface area (Å²) in [6.45, 7) is 5.64. The van der Waals surface area contributed by atoms with Crippen LogP contribution < -0.4 is 10.9 Å². The van der Waals surface area contributed by atoms with Crippen LogP contribution in [0.25, 0.3) is 0 Å². The van der Waals surface area contributed by atoms with E-state index in [2.05, 4.69) is 17.3 Å². The lowest BCUT2D eigenvalue weighted by Gasteiger charge is -2.06. The van der Waals surface area contributed by atoms with Gasteiger partial charge in [0.2, 0.25) is 0 Å². The Morgan fingerprint density at radius 1 is 1.53 bits per heavy atom. The number of nitrogens with one attached hydrogen (secondary N) is 1. The van der Waals surface area contributed by atoms with Crippen LogP contribution in [0.4, 0.5) is 0 Å². The molecule has 1 aromatic heterocycles. The van der Waals surface area contributed by atoms with E-state index < -0.39 is 0 Å². The van der Waals surface area contributed by atoms with E-state index in [4.69, 9.17) is 0 Å². The fourth-order valence-electron chi connectivity index (χ4n) is 1.48. The van der Waals surface area contributed by atoms with E-state index in [0.717, 1.165) is 24.2 Å². The second kappa shape index (κ2) is 5.66. The van der Waals surface area contributed by atoms with Gasteiger partial charge in [-0.2, -0.15) is 5.10 Å². The minimum atomic E-state index is -0.00963. The summed E-state index contributed by atoms with van der Waals surface area (Å²) in [4.78, 5) is 11.6. The van der Waals surface area contributed by atoms with Crippen LogP contribution in [0.2, 0.25) is 0 Å². The molecule has 0 fully saturated rings. The zero-order chi connectivity index (χ0) is 11.3. The molecule has 1 rings (SSSR count). The molecule has 0 saturated heterocycles. The van der Waals surface area contributed by atoms with Crippen LogP contribution in [0, 0.1) is 6.92 Å². The first-order chi connectivity index (χ1) is 7.15. The van der Waals surface area contributed by atoms with Crippen molar-refractivity contribution in [2.24, 2.45) is 7.05 Å². The van der Waals surface area contributed by atoms with Crippen LogP contribution in [0.15, 0.2) is 10.9 Å². The third-order valence-electron chi connectivity index (χ3n) is 2.28. The van der Waals surface area contributed by atoms with Crippen LogP contribution in [0.1, 0.15) is 31.0 Å². The number of aryl methyl sites for hydroxylation is 2. The largest absolute Gasteiger partial charge is 0.312 e. The van der Waals surface area contributed by atoms with Gasteiger partial charge in [-0.25, -0.2) is 4.68 Å². The summed E-state index contributed by atoms with van der Waals surface area (Å²) in [7, 11) is 1.69. The van der Waals surface area contributed by atoms with E-state index in [0.29, 0.717) is 6.54 Å². The second-order valence-electron chi connectivity index (χ2n) is 3.77. The fourth-order valence-corrected chi connectivity index (χ4v) is 1.48. The van der Waals surface area contributed by atoms with Gasteiger partial charge in [-0.3, -0.25) is 4.79 Å². The molecule has 0 bridgehead atoms. The smallest absolute Gasteiger partial charge is 0.270 e. The Bertz CT molecular complexity index is 371. The summed E-state index contributed by atoms with van der Waals surface area (Å²) < 4.78 is 1.40. The molecule has 1 aromatic rings. The van der Waals surface area contributed by atoms with Crippen LogP contribution in [0.5, 0.6) is 0 Å². The van der Waals surface area contributed by atoms with Crippen molar-refractivity contribution in [3.8, 4) is 0 Å². The van der Waals surface area contributed by atoms with Gasteiger partial charge >= 0.3 is 0 Å². The molecule has 0 unspecified atom stereocenters. The van der Waals surface area contributed by atoms with E-state index in [-0.39, 0.29) is 5.56 Å². The molecule has 0 aliphatic carbocycles. The van der Waals surface area contributed by atoms with Gasteiger partial charge in [-0.15, -0.1) is 0 Å². The van der Waals surface area contributed by atoms with Crippen LogP contribution in [0.3, 0.4) is 0 Å². The van der Waals surface area contributed by atoms with Gasteiger partial charge in [0.05, 0.1) is 5.69 Å². The molecule has 84 valence electrons. The first-order valence-electron chi connectivity index (χ1n) is 5.39. The van der Waals surface area contributed by atoms with Gasteiger partial charge in [0.1, 0.15) is 0 Å². The highest BCUT2D eigenvalue weighted by molar-refractivity contribution is 5.12. The highest BCUT2D eigenvalue weighted by Crippen LogP contribution is 1.94. The van der Waals surface area contributed by atoms with Gasteiger partial charge in [-0.1, -0.05) is 13.3 Å². The van der Waals surface area contributed by atoms with E-state index >= 15 is 0 Å². The van der Waals surface area contributed by atoms with Crippen LogP contribution in [-0.4, -0.2) is 16.3 Å². The fraction of sp³-hybridized carbons (Fsp3) is 0.636. The standard InChI is InChI=1S/C11H19N3O/c1-4-5-6-12-8-10-7-9(2)13-14(3)11(10)15/h7,12H,4-6,8H2,1-3H3.